The normalized spacial score (nSPS) is 13.8. The lowest BCUT2D eigenvalue weighted by Gasteiger charge is -2.13. The average molecular weight is 389 g/mol. The van der Waals surface area contributed by atoms with Gasteiger partial charge in [0.05, 0.1) is 23.2 Å². The first-order valence-corrected chi connectivity index (χ1v) is 10.0. The molecule has 1 amide bonds. The van der Waals surface area contributed by atoms with Crippen molar-refractivity contribution in [2.24, 2.45) is 0 Å². The summed E-state index contributed by atoms with van der Waals surface area (Å²) >= 11 is 0. The minimum atomic E-state index is -3.76. The number of fused-ring (bicyclic) bond motifs is 1. The Balaban J connectivity index is 1.70. The van der Waals surface area contributed by atoms with Crippen molar-refractivity contribution in [1.29, 1.82) is 0 Å². The molecule has 1 aliphatic rings. The molecular weight excluding hydrogens is 366 g/mol. The topological polar surface area (TPSA) is 94.6 Å². The summed E-state index contributed by atoms with van der Waals surface area (Å²) in [6.45, 7) is 1.61. The molecular formula is C18H23N5O3S. The summed E-state index contributed by atoms with van der Waals surface area (Å²) in [6, 6.07) is 8.09. The number of nitrogens with zero attached hydrogens (tertiary/aromatic N) is 3. The molecule has 1 aliphatic heterocycles. The Labute approximate surface area is 159 Å². The maximum absolute atomic E-state index is 12.6. The van der Waals surface area contributed by atoms with Gasteiger partial charge in [-0.25, -0.2) is 13.4 Å². The number of aromatic nitrogens is 1. The number of amides is 1. The number of carbonyl (C=O) groups is 1. The van der Waals surface area contributed by atoms with Crippen LogP contribution in [0.2, 0.25) is 0 Å². The lowest BCUT2D eigenvalue weighted by molar-refractivity contribution is -0.117. The second-order valence-corrected chi connectivity index (χ2v) is 8.37. The Morgan fingerprint density at radius 2 is 2.00 bits per heavy atom. The van der Waals surface area contributed by atoms with E-state index in [2.05, 4.69) is 19.9 Å². The molecule has 2 heterocycles. The van der Waals surface area contributed by atoms with Crippen LogP contribution in [0.4, 0.5) is 17.2 Å². The van der Waals surface area contributed by atoms with E-state index in [-0.39, 0.29) is 17.2 Å². The first-order valence-electron chi connectivity index (χ1n) is 8.53. The van der Waals surface area contributed by atoms with Crippen molar-refractivity contribution in [3.05, 3.63) is 42.1 Å². The van der Waals surface area contributed by atoms with E-state index in [1.807, 2.05) is 14.1 Å². The molecule has 0 spiro atoms. The molecule has 8 nitrogen and oxygen atoms in total. The van der Waals surface area contributed by atoms with Gasteiger partial charge in [-0.15, -0.1) is 0 Å². The fourth-order valence-corrected chi connectivity index (χ4v) is 3.89. The fourth-order valence-electron chi connectivity index (χ4n) is 2.79. The molecule has 1 aromatic heterocycles. The van der Waals surface area contributed by atoms with E-state index in [0.29, 0.717) is 17.1 Å². The molecule has 9 heteroatoms. The Kier molecular flexibility index (Phi) is 5.33. The SMILES string of the molecule is CN(C)CCNc1ccc(NS(=O)(=O)c2ccc3c(c2)CC(=O)N3C)cn1. The number of rotatable bonds is 7. The predicted molar refractivity (Wildman–Crippen MR) is 106 cm³/mol. The number of benzene rings is 1. The largest absolute Gasteiger partial charge is 0.369 e. The van der Waals surface area contributed by atoms with Crippen LogP contribution in [-0.2, 0) is 21.2 Å². The molecule has 1 aromatic carbocycles. The van der Waals surface area contributed by atoms with Crippen LogP contribution in [0, 0.1) is 0 Å². The third-order valence-corrected chi connectivity index (χ3v) is 5.70. The lowest BCUT2D eigenvalue weighted by atomic mass is 10.2. The van der Waals surface area contributed by atoms with E-state index in [1.165, 1.54) is 17.2 Å². The third kappa shape index (κ3) is 4.37. The molecule has 0 radical (unpaired) electrons. The molecule has 3 rings (SSSR count). The summed E-state index contributed by atoms with van der Waals surface area (Å²) in [5.74, 6) is 0.632. The molecule has 0 aliphatic carbocycles. The van der Waals surface area contributed by atoms with Gasteiger partial charge in [-0.2, -0.15) is 0 Å². The summed E-state index contributed by atoms with van der Waals surface area (Å²) in [5, 5.41) is 3.17. The second kappa shape index (κ2) is 7.53. The van der Waals surface area contributed by atoms with E-state index in [9.17, 15) is 13.2 Å². The Bertz CT molecular complexity index is 942. The smallest absolute Gasteiger partial charge is 0.261 e. The number of nitrogens with one attached hydrogen (secondary N) is 2. The molecule has 27 heavy (non-hydrogen) atoms. The molecule has 0 unspecified atom stereocenters. The molecule has 0 saturated heterocycles. The van der Waals surface area contributed by atoms with E-state index in [0.717, 1.165) is 18.8 Å². The fraction of sp³-hybridized carbons (Fsp3) is 0.333. The van der Waals surface area contributed by atoms with Crippen LogP contribution >= 0.6 is 0 Å². The molecule has 0 atom stereocenters. The molecule has 0 bridgehead atoms. The standard InChI is InChI=1S/C18H23N5O3S/c1-22(2)9-8-19-17-7-4-14(12-20-17)21-27(25,26)15-5-6-16-13(10-15)11-18(24)23(16)3/h4-7,10,12,21H,8-9,11H2,1-3H3,(H,19,20). The highest BCUT2D eigenvalue weighted by molar-refractivity contribution is 7.92. The van der Waals surface area contributed by atoms with Gasteiger partial charge < -0.3 is 15.1 Å². The Hall–Kier alpha value is -2.65. The quantitative estimate of drug-likeness (QED) is 0.743. The summed E-state index contributed by atoms with van der Waals surface area (Å²) in [4.78, 5) is 19.7. The van der Waals surface area contributed by atoms with Crippen molar-refractivity contribution < 1.29 is 13.2 Å². The number of likely N-dealkylation sites (N-methyl/N-ethyl adjacent to an activating group) is 2. The monoisotopic (exact) mass is 389 g/mol. The van der Waals surface area contributed by atoms with Crippen LogP contribution in [0.25, 0.3) is 0 Å². The van der Waals surface area contributed by atoms with Crippen LogP contribution in [0.5, 0.6) is 0 Å². The second-order valence-electron chi connectivity index (χ2n) is 6.69. The average Bonchev–Trinajstić information content (AvgIpc) is 2.90. The highest BCUT2D eigenvalue weighted by atomic mass is 32.2. The predicted octanol–water partition coefficient (Wildman–Crippen LogP) is 1.37. The molecule has 0 saturated carbocycles. The molecule has 2 aromatic rings. The summed E-state index contributed by atoms with van der Waals surface area (Å²) < 4.78 is 27.8. The van der Waals surface area contributed by atoms with Crippen LogP contribution in [0.1, 0.15) is 5.56 Å². The maximum Gasteiger partial charge on any atom is 0.261 e. The molecule has 2 N–H and O–H groups in total. The zero-order valence-corrected chi connectivity index (χ0v) is 16.4. The minimum absolute atomic E-state index is 0.0472. The number of pyridine rings is 1. The number of hydrogen-bond acceptors (Lipinski definition) is 6. The first kappa shape index (κ1) is 19.1. The summed E-state index contributed by atoms with van der Waals surface area (Å²) in [6.07, 6.45) is 1.68. The maximum atomic E-state index is 12.6. The Morgan fingerprint density at radius 1 is 1.22 bits per heavy atom. The van der Waals surface area contributed by atoms with Crippen molar-refractivity contribution >= 4 is 33.1 Å². The number of hydrogen-bond donors (Lipinski definition) is 2. The van der Waals surface area contributed by atoms with E-state index >= 15 is 0 Å². The highest BCUT2D eigenvalue weighted by Crippen LogP contribution is 2.30. The number of sulfonamides is 1. The van der Waals surface area contributed by atoms with Gasteiger partial charge in [0.15, 0.2) is 0 Å². The van der Waals surface area contributed by atoms with Crippen LogP contribution < -0.4 is 14.9 Å². The lowest BCUT2D eigenvalue weighted by Crippen LogP contribution is -2.21. The summed E-state index contributed by atoms with van der Waals surface area (Å²) in [7, 11) is 1.90. The van der Waals surface area contributed by atoms with Gasteiger partial charge in [0.2, 0.25) is 5.91 Å². The zero-order chi connectivity index (χ0) is 19.6. The van der Waals surface area contributed by atoms with E-state index in [1.54, 1.807) is 31.3 Å². The van der Waals surface area contributed by atoms with Crippen molar-refractivity contribution in [2.75, 3.05) is 49.2 Å². The van der Waals surface area contributed by atoms with Crippen molar-refractivity contribution in [1.82, 2.24) is 9.88 Å². The number of anilines is 3. The van der Waals surface area contributed by atoms with Crippen LogP contribution in [-0.4, -0.2) is 58.4 Å². The van der Waals surface area contributed by atoms with E-state index in [4.69, 9.17) is 0 Å². The molecule has 144 valence electrons. The van der Waals surface area contributed by atoms with Gasteiger partial charge in [0.1, 0.15) is 5.82 Å². The van der Waals surface area contributed by atoms with Gasteiger partial charge in [0, 0.05) is 25.8 Å². The zero-order valence-electron chi connectivity index (χ0n) is 15.6. The Morgan fingerprint density at radius 3 is 2.67 bits per heavy atom. The van der Waals surface area contributed by atoms with Crippen molar-refractivity contribution in [2.45, 2.75) is 11.3 Å². The highest BCUT2D eigenvalue weighted by Gasteiger charge is 2.26. The van der Waals surface area contributed by atoms with Crippen molar-refractivity contribution in [3.63, 3.8) is 0 Å². The van der Waals surface area contributed by atoms with Gasteiger partial charge in [-0.3, -0.25) is 9.52 Å². The molecule has 0 fully saturated rings. The van der Waals surface area contributed by atoms with Gasteiger partial charge >= 0.3 is 0 Å². The minimum Gasteiger partial charge on any atom is -0.369 e. The van der Waals surface area contributed by atoms with Crippen LogP contribution in [0.15, 0.2) is 41.4 Å². The van der Waals surface area contributed by atoms with Gasteiger partial charge in [-0.05, 0) is 50.0 Å². The van der Waals surface area contributed by atoms with Gasteiger partial charge in [-0.1, -0.05) is 0 Å². The summed E-state index contributed by atoms with van der Waals surface area (Å²) in [5.41, 5.74) is 1.83. The van der Waals surface area contributed by atoms with Crippen LogP contribution in [0.3, 0.4) is 0 Å². The third-order valence-electron chi connectivity index (χ3n) is 4.32. The van der Waals surface area contributed by atoms with Gasteiger partial charge in [0.25, 0.3) is 10.0 Å². The van der Waals surface area contributed by atoms with Crippen molar-refractivity contribution in [3.8, 4) is 0 Å². The number of carbonyl (C=O) groups excluding carboxylic acids is 1. The first-order chi connectivity index (χ1) is 12.8. The van der Waals surface area contributed by atoms with E-state index < -0.39 is 10.0 Å².